The fourth-order valence-corrected chi connectivity index (χ4v) is 5.74. The first kappa shape index (κ1) is 21.3. The summed E-state index contributed by atoms with van der Waals surface area (Å²) < 4.78 is 12.7. The van der Waals surface area contributed by atoms with Gasteiger partial charge in [0.15, 0.2) is 4.80 Å². The molecule has 1 atom stereocenters. The Hall–Kier alpha value is -4.24. The number of aromatic nitrogens is 1. The van der Waals surface area contributed by atoms with Crippen LogP contribution in [-0.4, -0.2) is 16.6 Å². The predicted molar refractivity (Wildman–Crippen MR) is 131 cm³/mol. The number of nitrogens with zero attached hydrogens (tertiary/aromatic N) is 3. The van der Waals surface area contributed by atoms with Crippen LogP contribution in [-0.2, 0) is 6.42 Å². The molecule has 2 aliphatic rings. The number of aryl methyl sites for hydroxylation is 1. The smallest absolute Gasteiger partial charge is 0.433 e. The second kappa shape index (κ2) is 8.21. The monoisotopic (exact) mass is 485 g/mol. The Balaban J connectivity index is 1.58. The van der Waals surface area contributed by atoms with Crippen LogP contribution in [0.4, 0.5) is 5.88 Å². The number of thiazole rings is 1. The summed E-state index contributed by atoms with van der Waals surface area (Å²) in [5.74, 6) is 0.619. The van der Waals surface area contributed by atoms with Gasteiger partial charge in [-0.25, -0.2) is 4.99 Å². The maximum Gasteiger partial charge on any atom is 0.433 e. The van der Waals surface area contributed by atoms with E-state index in [2.05, 4.69) is 12.1 Å². The van der Waals surface area contributed by atoms with E-state index in [9.17, 15) is 14.9 Å². The summed E-state index contributed by atoms with van der Waals surface area (Å²) in [6.45, 7) is 0. The molecule has 2 aromatic heterocycles. The van der Waals surface area contributed by atoms with Gasteiger partial charge < -0.3 is 9.15 Å². The summed E-state index contributed by atoms with van der Waals surface area (Å²) in [5.41, 5.74) is 5.10. The maximum atomic E-state index is 13.6. The van der Waals surface area contributed by atoms with Crippen molar-refractivity contribution in [3.8, 4) is 5.75 Å². The van der Waals surface area contributed by atoms with Crippen molar-refractivity contribution in [3.05, 3.63) is 118 Å². The standard InChI is InChI=1S/C26H19N3O5S/c1-33-17-9-6-16(7-10-17)24-20-12-8-15-4-2-3-5-19(15)23(20)27-26-28(24)25(30)21(35-26)14-18-11-13-22(34-18)29(31)32/h2-7,9-11,13-14,24H,8,12H2,1H3/b21-14+. The number of ether oxygens (including phenoxy) is 1. The van der Waals surface area contributed by atoms with Crippen LogP contribution in [0.2, 0.25) is 0 Å². The van der Waals surface area contributed by atoms with E-state index in [1.807, 2.05) is 36.4 Å². The van der Waals surface area contributed by atoms with E-state index < -0.39 is 4.92 Å². The Morgan fingerprint density at radius 2 is 1.94 bits per heavy atom. The third kappa shape index (κ3) is 3.52. The Morgan fingerprint density at radius 1 is 1.14 bits per heavy atom. The molecule has 6 rings (SSSR count). The molecule has 0 radical (unpaired) electrons. The Morgan fingerprint density at radius 3 is 2.69 bits per heavy atom. The quantitative estimate of drug-likeness (QED) is 0.323. The molecule has 1 aliphatic heterocycles. The van der Waals surface area contributed by atoms with Crippen molar-refractivity contribution < 1.29 is 14.1 Å². The van der Waals surface area contributed by atoms with E-state index in [1.165, 1.54) is 29.0 Å². The van der Waals surface area contributed by atoms with Gasteiger partial charge in [0.25, 0.3) is 5.56 Å². The van der Waals surface area contributed by atoms with E-state index in [0.717, 1.165) is 41.0 Å². The molecule has 3 heterocycles. The number of rotatable bonds is 4. The Kier molecular flexibility index (Phi) is 5.00. The van der Waals surface area contributed by atoms with Gasteiger partial charge in [0.1, 0.15) is 16.4 Å². The zero-order valence-corrected chi connectivity index (χ0v) is 19.5. The van der Waals surface area contributed by atoms with Gasteiger partial charge >= 0.3 is 5.88 Å². The molecule has 0 bridgehead atoms. The molecule has 0 fully saturated rings. The van der Waals surface area contributed by atoms with Gasteiger partial charge in [0.05, 0.1) is 29.4 Å². The Labute approximate surface area is 202 Å². The van der Waals surface area contributed by atoms with Crippen molar-refractivity contribution >= 4 is 29.0 Å². The maximum absolute atomic E-state index is 13.6. The number of hydrogen-bond acceptors (Lipinski definition) is 7. The van der Waals surface area contributed by atoms with Crippen LogP contribution in [0.5, 0.6) is 5.75 Å². The first-order valence-corrected chi connectivity index (χ1v) is 11.9. The van der Waals surface area contributed by atoms with Gasteiger partial charge in [0.2, 0.25) is 0 Å². The number of nitro groups is 1. The van der Waals surface area contributed by atoms with Crippen molar-refractivity contribution in [2.45, 2.75) is 18.9 Å². The molecule has 1 unspecified atom stereocenters. The van der Waals surface area contributed by atoms with Gasteiger partial charge in [-0.15, -0.1) is 0 Å². The van der Waals surface area contributed by atoms with E-state index in [1.54, 1.807) is 17.8 Å². The molecular formula is C26H19N3O5S. The molecule has 35 heavy (non-hydrogen) atoms. The highest BCUT2D eigenvalue weighted by Crippen LogP contribution is 2.41. The molecule has 8 nitrogen and oxygen atoms in total. The van der Waals surface area contributed by atoms with Crippen molar-refractivity contribution in [2.75, 3.05) is 7.11 Å². The van der Waals surface area contributed by atoms with E-state index >= 15 is 0 Å². The third-order valence-electron chi connectivity index (χ3n) is 6.37. The molecule has 0 spiro atoms. The summed E-state index contributed by atoms with van der Waals surface area (Å²) in [6.07, 6.45) is 3.21. The SMILES string of the molecule is COc1ccc(C2C3=C(N=c4s/c(=C/c5ccc([N+](=O)[O-])o5)c(=O)n42)c2ccccc2CC3)cc1. The first-order chi connectivity index (χ1) is 17.0. The summed E-state index contributed by atoms with van der Waals surface area (Å²) in [6, 6.07) is 18.4. The molecule has 174 valence electrons. The summed E-state index contributed by atoms with van der Waals surface area (Å²) in [5, 5.41) is 11.0. The summed E-state index contributed by atoms with van der Waals surface area (Å²) in [4.78, 5) is 29.6. The average Bonchev–Trinajstić information content (AvgIpc) is 3.47. The van der Waals surface area contributed by atoms with Crippen molar-refractivity contribution in [2.24, 2.45) is 4.99 Å². The minimum Gasteiger partial charge on any atom is -0.497 e. The molecule has 4 aromatic rings. The molecule has 0 N–H and O–H groups in total. The van der Waals surface area contributed by atoms with Gasteiger partial charge in [-0.2, -0.15) is 0 Å². The predicted octanol–water partition coefficient (Wildman–Crippen LogP) is 3.83. The highest BCUT2D eigenvalue weighted by atomic mass is 32.1. The van der Waals surface area contributed by atoms with Crippen molar-refractivity contribution in [1.82, 2.24) is 4.57 Å². The molecule has 2 aromatic carbocycles. The van der Waals surface area contributed by atoms with Gasteiger partial charge in [0, 0.05) is 11.6 Å². The van der Waals surface area contributed by atoms with Crippen LogP contribution in [0.3, 0.4) is 0 Å². The van der Waals surface area contributed by atoms with Crippen LogP contribution >= 0.6 is 11.3 Å². The minimum absolute atomic E-state index is 0.209. The van der Waals surface area contributed by atoms with E-state index in [0.29, 0.717) is 9.33 Å². The van der Waals surface area contributed by atoms with Crippen LogP contribution in [0.15, 0.2) is 80.4 Å². The Bertz CT molecular complexity index is 1690. The lowest BCUT2D eigenvalue weighted by atomic mass is 9.83. The number of allylic oxidation sites excluding steroid dienone is 1. The molecular weight excluding hydrogens is 466 g/mol. The lowest BCUT2D eigenvalue weighted by Crippen LogP contribution is -2.38. The fraction of sp³-hybridized carbons (Fsp3) is 0.154. The second-order valence-electron chi connectivity index (χ2n) is 8.32. The zero-order chi connectivity index (χ0) is 24.1. The fourth-order valence-electron chi connectivity index (χ4n) is 4.76. The number of methoxy groups -OCH3 is 1. The minimum atomic E-state index is -0.603. The molecule has 9 heteroatoms. The largest absolute Gasteiger partial charge is 0.497 e. The number of hydrogen-bond donors (Lipinski definition) is 0. The first-order valence-electron chi connectivity index (χ1n) is 11.0. The normalized spacial score (nSPS) is 16.8. The van der Waals surface area contributed by atoms with Crippen molar-refractivity contribution in [1.29, 1.82) is 0 Å². The van der Waals surface area contributed by atoms with Gasteiger partial charge in [-0.05, 0) is 47.7 Å². The lowest BCUT2D eigenvalue weighted by Gasteiger charge is -2.30. The van der Waals surface area contributed by atoms with Crippen LogP contribution in [0.1, 0.15) is 34.9 Å². The van der Waals surface area contributed by atoms with E-state index in [-0.39, 0.29) is 23.2 Å². The van der Waals surface area contributed by atoms with E-state index in [4.69, 9.17) is 14.1 Å². The van der Waals surface area contributed by atoms with Crippen LogP contribution in [0.25, 0.3) is 11.8 Å². The lowest BCUT2D eigenvalue weighted by molar-refractivity contribution is -0.402. The number of fused-ring (bicyclic) bond motifs is 3. The summed E-state index contributed by atoms with van der Waals surface area (Å²) in [7, 11) is 1.62. The summed E-state index contributed by atoms with van der Waals surface area (Å²) >= 11 is 1.25. The molecule has 0 saturated carbocycles. The third-order valence-corrected chi connectivity index (χ3v) is 7.35. The van der Waals surface area contributed by atoms with Crippen LogP contribution in [0, 0.1) is 10.1 Å². The molecule has 0 saturated heterocycles. The molecule has 0 amide bonds. The van der Waals surface area contributed by atoms with Crippen LogP contribution < -0.4 is 19.6 Å². The average molecular weight is 486 g/mol. The topological polar surface area (TPSA) is 99.9 Å². The zero-order valence-electron chi connectivity index (χ0n) is 18.6. The second-order valence-corrected chi connectivity index (χ2v) is 9.33. The van der Waals surface area contributed by atoms with Gasteiger partial charge in [-0.3, -0.25) is 19.5 Å². The molecule has 1 aliphatic carbocycles. The highest BCUT2D eigenvalue weighted by Gasteiger charge is 2.32. The number of benzene rings is 2. The number of furan rings is 1. The van der Waals surface area contributed by atoms with Crippen molar-refractivity contribution in [3.63, 3.8) is 0 Å². The highest BCUT2D eigenvalue weighted by molar-refractivity contribution is 7.07. The van der Waals surface area contributed by atoms with Gasteiger partial charge in [-0.1, -0.05) is 47.7 Å².